The maximum Gasteiger partial charge on any atom is 0.418 e. The van der Waals surface area contributed by atoms with Crippen molar-refractivity contribution in [3.63, 3.8) is 0 Å². The first-order valence-electron chi connectivity index (χ1n) is 14.3. The van der Waals surface area contributed by atoms with Gasteiger partial charge in [0.05, 0.1) is 11.3 Å². The lowest BCUT2D eigenvalue weighted by Crippen LogP contribution is -2.28. The van der Waals surface area contributed by atoms with Crippen molar-refractivity contribution in [1.82, 2.24) is 5.32 Å². The maximum absolute atomic E-state index is 13.1. The molecular weight excluding hydrogens is 557 g/mol. The first kappa shape index (κ1) is 36.6. The minimum absolute atomic E-state index is 0.0656. The summed E-state index contributed by atoms with van der Waals surface area (Å²) in [4.78, 5) is 15.2. The fourth-order valence-electron chi connectivity index (χ4n) is 4.48. The number of carbonyl (C=O) groups is 1. The summed E-state index contributed by atoms with van der Waals surface area (Å²) >= 11 is 5.86. The summed E-state index contributed by atoms with van der Waals surface area (Å²) < 4.78 is 39.4. The Hall–Kier alpha value is -3.38. The predicted molar refractivity (Wildman–Crippen MR) is 172 cm³/mol. The van der Waals surface area contributed by atoms with Crippen LogP contribution in [0.5, 0.6) is 0 Å². The van der Waals surface area contributed by atoms with Crippen LogP contribution in [0.3, 0.4) is 0 Å². The number of nitrogens with zero attached hydrogens (tertiary/aromatic N) is 1. The molecule has 1 unspecified atom stereocenters. The minimum Gasteiger partial charge on any atom is -0.359 e. The first-order chi connectivity index (χ1) is 19.8. The normalized spacial score (nSPS) is 14.8. The molecule has 1 N–H and O–H groups in total. The molecule has 0 amide bonds. The molecule has 2 aromatic carbocycles. The smallest absolute Gasteiger partial charge is 0.359 e. The molecule has 0 radical (unpaired) electrons. The molecular formula is C35H44ClF3N2O. The Balaban J connectivity index is 0.000000411. The maximum atomic E-state index is 13.1. The van der Waals surface area contributed by atoms with Gasteiger partial charge in [0.2, 0.25) is 0 Å². The number of alkyl halides is 3. The van der Waals surface area contributed by atoms with Crippen LogP contribution in [0.2, 0.25) is 5.02 Å². The molecule has 1 atom stereocenters. The molecule has 3 nitrogen and oxygen atoms in total. The standard InChI is InChI=1S/C18H24F3NO.C15H14ClN.C2H6/c1-12(11-23)10-17(18(19,20)21)15(4)22-14(3)13(2)16-8-6-5-7-9-16;1-11-5-3-4-6-15(11)17-12(2)13-7-9-14(16)10-8-13;1-2/h10-11,13,16,22H,1,3-9H2,2H3;3-10H,1-2H3;1-2H3/b17-10+;;. The Morgan fingerprint density at radius 3 is 2.12 bits per heavy atom. The van der Waals surface area contributed by atoms with Crippen LogP contribution in [-0.4, -0.2) is 18.2 Å². The van der Waals surface area contributed by atoms with E-state index in [1.54, 1.807) is 0 Å². The van der Waals surface area contributed by atoms with Crippen molar-refractivity contribution in [3.8, 4) is 0 Å². The van der Waals surface area contributed by atoms with Crippen LogP contribution in [0.4, 0.5) is 18.9 Å². The number of nitrogens with one attached hydrogen (secondary N) is 1. The molecule has 7 heteroatoms. The second kappa shape index (κ2) is 18.2. The SMILES string of the molecule is C=C(C=O)/C=C(\C(=C)NC(=C)C(C)C1CCCCC1)C(F)(F)F.CC.CC(=Nc1ccccc1C)c1ccc(Cl)cc1. The minimum atomic E-state index is -4.62. The van der Waals surface area contributed by atoms with E-state index in [0.717, 1.165) is 47.7 Å². The van der Waals surface area contributed by atoms with Crippen molar-refractivity contribution in [2.45, 2.75) is 72.9 Å². The molecule has 3 rings (SSSR count). The van der Waals surface area contributed by atoms with E-state index in [4.69, 9.17) is 11.6 Å². The van der Waals surface area contributed by atoms with Crippen molar-refractivity contribution >= 4 is 29.3 Å². The Bertz CT molecular complexity index is 1250. The number of halogens is 4. The number of hydrogen-bond acceptors (Lipinski definition) is 3. The molecule has 1 aliphatic carbocycles. The number of aldehydes is 1. The molecule has 0 spiro atoms. The van der Waals surface area contributed by atoms with E-state index in [1.165, 1.54) is 12.0 Å². The molecule has 0 aliphatic heterocycles. The molecule has 1 aliphatic rings. The Morgan fingerprint density at radius 1 is 1.02 bits per heavy atom. The topological polar surface area (TPSA) is 41.5 Å². The molecule has 0 aromatic heterocycles. The fraction of sp³-hybridized carbons (Fsp3) is 0.371. The summed E-state index contributed by atoms with van der Waals surface area (Å²) in [6.07, 6.45) is 2.00. The second-order valence-electron chi connectivity index (χ2n) is 10.1. The number of para-hydroxylation sites is 1. The van der Waals surface area contributed by atoms with Gasteiger partial charge < -0.3 is 5.32 Å². The zero-order chi connectivity index (χ0) is 31.9. The average Bonchev–Trinajstić information content (AvgIpc) is 2.98. The molecule has 0 heterocycles. The number of aliphatic imine (C=N–C) groups is 1. The molecule has 2 aromatic rings. The molecule has 42 heavy (non-hydrogen) atoms. The highest BCUT2D eigenvalue weighted by molar-refractivity contribution is 6.30. The zero-order valence-corrected chi connectivity index (χ0v) is 26.2. The van der Waals surface area contributed by atoms with Gasteiger partial charge in [-0.1, -0.05) is 102 Å². The largest absolute Gasteiger partial charge is 0.418 e. The van der Waals surface area contributed by atoms with E-state index in [1.807, 2.05) is 70.2 Å². The molecule has 1 fully saturated rings. The van der Waals surface area contributed by atoms with Gasteiger partial charge in [-0.2, -0.15) is 13.2 Å². The monoisotopic (exact) mass is 600 g/mol. The van der Waals surface area contributed by atoms with Crippen LogP contribution in [0, 0.1) is 18.8 Å². The highest BCUT2D eigenvalue weighted by atomic mass is 35.5. The number of benzene rings is 2. The van der Waals surface area contributed by atoms with Crippen LogP contribution < -0.4 is 5.32 Å². The van der Waals surface area contributed by atoms with Crippen molar-refractivity contribution in [2.75, 3.05) is 0 Å². The third-order valence-corrected chi connectivity index (χ3v) is 7.25. The van der Waals surface area contributed by atoms with Crippen LogP contribution in [0.1, 0.15) is 70.9 Å². The van der Waals surface area contributed by atoms with E-state index in [-0.39, 0.29) is 23.5 Å². The number of allylic oxidation sites excluding steroid dienone is 4. The van der Waals surface area contributed by atoms with E-state index < -0.39 is 11.7 Å². The van der Waals surface area contributed by atoms with Crippen molar-refractivity contribution in [3.05, 3.63) is 113 Å². The van der Waals surface area contributed by atoms with Gasteiger partial charge in [-0.3, -0.25) is 9.79 Å². The first-order valence-corrected chi connectivity index (χ1v) is 14.7. The van der Waals surface area contributed by atoms with Gasteiger partial charge in [-0.25, -0.2) is 0 Å². The van der Waals surface area contributed by atoms with Crippen molar-refractivity contribution in [1.29, 1.82) is 0 Å². The third kappa shape index (κ3) is 12.2. The third-order valence-electron chi connectivity index (χ3n) is 7.00. The van der Waals surface area contributed by atoms with Gasteiger partial charge in [-0.05, 0) is 73.9 Å². The molecule has 1 saturated carbocycles. The predicted octanol–water partition coefficient (Wildman–Crippen LogP) is 10.9. The summed E-state index contributed by atoms with van der Waals surface area (Å²) in [5, 5.41) is 3.43. The Morgan fingerprint density at radius 2 is 1.60 bits per heavy atom. The van der Waals surface area contributed by atoms with E-state index in [0.29, 0.717) is 17.7 Å². The van der Waals surface area contributed by atoms with Crippen LogP contribution in [0.15, 0.2) is 102 Å². The molecule has 228 valence electrons. The number of hydrogen-bond donors (Lipinski definition) is 1. The molecule has 0 saturated heterocycles. The summed E-state index contributed by atoms with van der Waals surface area (Å²) in [5.74, 6) is 0.496. The fourth-order valence-corrected chi connectivity index (χ4v) is 4.60. The van der Waals surface area contributed by atoms with E-state index >= 15 is 0 Å². The van der Waals surface area contributed by atoms with E-state index in [2.05, 4.69) is 43.0 Å². The number of carbonyl (C=O) groups excluding carboxylic acids is 1. The van der Waals surface area contributed by atoms with Crippen molar-refractivity contribution in [2.24, 2.45) is 16.8 Å². The highest BCUT2D eigenvalue weighted by Crippen LogP contribution is 2.35. The van der Waals surface area contributed by atoms with Gasteiger partial charge in [0.1, 0.15) is 6.29 Å². The summed E-state index contributed by atoms with van der Waals surface area (Å²) in [5.41, 5.74) is 3.23. The number of rotatable bonds is 9. The van der Waals surface area contributed by atoms with Crippen LogP contribution in [0.25, 0.3) is 0 Å². The zero-order valence-electron chi connectivity index (χ0n) is 25.5. The lowest BCUT2D eigenvalue weighted by molar-refractivity contribution is -0.104. The van der Waals surface area contributed by atoms with Gasteiger partial charge in [0.25, 0.3) is 0 Å². The van der Waals surface area contributed by atoms with Crippen molar-refractivity contribution < 1.29 is 18.0 Å². The lowest BCUT2D eigenvalue weighted by Gasteiger charge is -2.30. The van der Waals surface area contributed by atoms with Crippen LogP contribution in [-0.2, 0) is 4.79 Å². The summed E-state index contributed by atoms with van der Waals surface area (Å²) in [7, 11) is 0. The highest BCUT2D eigenvalue weighted by Gasteiger charge is 2.36. The quantitative estimate of drug-likeness (QED) is 0.135. The van der Waals surface area contributed by atoms with Gasteiger partial charge >= 0.3 is 6.18 Å². The average molecular weight is 601 g/mol. The summed E-state index contributed by atoms with van der Waals surface area (Å²) in [6.45, 7) is 20.6. The lowest BCUT2D eigenvalue weighted by atomic mass is 9.79. The van der Waals surface area contributed by atoms with E-state index in [9.17, 15) is 18.0 Å². The number of aryl methyl sites for hydroxylation is 1. The summed E-state index contributed by atoms with van der Waals surface area (Å²) in [6, 6.07) is 15.8. The Labute approximate surface area is 255 Å². The van der Waals surface area contributed by atoms with Crippen LogP contribution >= 0.6 is 11.6 Å². The second-order valence-corrected chi connectivity index (χ2v) is 10.5. The Kier molecular flexibility index (Phi) is 15.9. The van der Waals surface area contributed by atoms with Gasteiger partial charge in [-0.15, -0.1) is 0 Å². The van der Waals surface area contributed by atoms with Gasteiger partial charge in [0.15, 0.2) is 0 Å². The molecule has 0 bridgehead atoms. The van der Waals surface area contributed by atoms with Gasteiger partial charge in [0, 0.05) is 27.7 Å².